The lowest BCUT2D eigenvalue weighted by Crippen LogP contribution is -2.22. The number of anilines is 2. The Morgan fingerprint density at radius 2 is 2.08 bits per heavy atom. The number of nitrogens with two attached hydrogens (primary N) is 1. The Morgan fingerprint density at radius 3 is 2.80 bits per heavy atom. The van der Waals surface area contributed by atoms with Crippen LogP contribution in [-0.2, 0) is 13.1 Å². The smallest absolute Gasteiger partial charge is 0.260 e. The molecular formula is C18H18N6O. The molecule has 0 aliphatic carbocycles. The zero-order valence-corrected chi connectivity index (χ0v) is 14.1. The lowest BCUT2D eigenvalue weighted by Gasteiger charge is -2.12. The number of aromatic nitrogens is 4. The largest absolute Gasteiger partial charge is 0.397 e. The highest BCUT2D eigenvalue weighted by Gasteiger charge is 2.32. The summed E-state index contributed by atoms with van der Waals surface area (Å²) in [5.41, 5.74) is 11.2. The number of pyridine rings is 2. The standard InChI is InChI=1S/C18H18N6O/c1-3-23-9-14(8-21-23)24-10-16-17(18(24)25)11(2)4-15(22-16)12-5-13(19)7-20-6-12/h4-9H,3,10,19H2,1-2H3. The first-order chi connectivity index (χ1) is 12.1. The second-order valence-corrected chi connectivity index (χ2v) is 6.10. The maximum Gasteiger partial charge on any atom is 0.260 e. The highest BCUT2D eigenvalue weighted by atomic mass is 16.2. The molecule has 0 radical (unpaired) electrons. The monoisotopic (exact) mass is 334 g/mol. The molecule has 2 N–H and O–H groups in total. The number of hydrogen-bond donors (Lipinski definition) is 1. The molecule has 4 heterocycles. The maximum atomic E-state index is 12.8. The normalized spacial score (nSPS) is 13.4. The maximum absolute atomic E-state index is 12.8. The summed E-state index contributed by atoms with van der Waals surface area (Å²) in [6, 6.07) is 3.74. The van der Waals surface area contributed by atoms with Gasteiger partial charge in [0.25, 0.3) is 5.91 Å². The van der Waals surface area contributed by atoms with Gasteiger partial charge in [0.05, 0.1) is 41.1 Å². The van der Waals surface area contributed by atoms with E-state index in [9.17, 15) is 4.79 Å². The molecule has 1 aliphatic rings. The van der Waals surface area contributed by atoms with Crippen molar-refractivity contribution in [2.45, 2.75) is 26.9 Å². The van der Waals surface area contributed by atoms with E-state index in [0.29, 0.717) is 17.8 Å². The molecule has 4 rings (SSSR count). The fourth-order valence-electron chi connectivity index (χ4n) is 3.12. The van der Waals surface area contributed by atoms with Crippen LogP contribution in [0.25, 0.3) is 11.3 Å². The van der Waals surface area contributed by atoms with Crippen LogP contribution in [-0.4, -0.2) is 25.7 Å². The zero-order valence-electron chi connectivity index (χ0n) is 14.1. The van der Waals surface area contributed by atoms with Gasteiger partial charge in [0.2, 0.25) is 0 Å². The van der Waals surface area contributed by atoms with Crippen molar-refractivity contribution < 1.29 is 4.79 Å². The van der Waals surface area contributed by atoms with Crippen molar-refractivity contribution in [2.24, 2.45) is 0 Å². The van der Waals surface area contributed by atoms with E-state index in [0.717, 1.165) is 34.7 Å². The molecule has 0 fully saturated rings. The van der Waals surface area contributed by atoms with E-state index in [-0.39, 0.29) is 5.91 Å². The number of hydrogen-bond acceptors (Lipinski definition) is 5. The molecule has 0 aromatic carbocycles. The molecule has 126 valence electrons. The van der Waals surface area contributed by atoms with Crippen molar-refractivity contribution >= 4 is 17.3 Å². The molecule has 25 heavy (non-hydrogen) atoms. The molecule has 0 unspecified atom stereocenters. The first kappa shape index (κ1) is 15.3. The second kappa shape index (κ2) is 5.70. The Hall–Kier alpha value is -3.22. The highest BCUT2D eigenvalue weighted by Crippen LogP contribution is 2.31. The minimum Gasteiger partial charge on any atom is -0.397 e. The van der Waals surface area contributed by atoms with Crippen molar-refractivity contribution in [1.29, 1.82) is 0 Å². The Bertz CT molecular complexity index is 977. The summed E-state index contributed by atoms with van der Waals surface area (Å²) in [6.07, 6.45) is 6.91. The molecule has 1 aliphatic heterocycles. The van der Waals surface area contributed by atoms with Gasteiger partial charge in [0, 0.05) is 30.7 Å². The number of rotatable bonds is 3. The molecule has 3 aromatic heterocycles. The number of carbonyl (C=O) groups excluding carboxylic acids is 1. The fourth-order valence-corrected chi connectivity index (χ4v) is 3.12. The van der Waals surface area contributed by atoms with Crippen LogP contribution in [0.5, 0.6) is 0 Å². The van der Waals surface area contributed by atoms with E-state index in [1.807, 2.05) is 32.2 Å². The van der Waals surface area contributed by atoms with Crippen LogP contribution >= 0.6 is 0 Å². The molecule has 3 aromatic rings. The molecule has 0 saturated carbocycles. The molecule has 1 amide bonds. The fraction of sp³-hybridized carbons (Fsp3) is 0.222. The summed E-state index contributed by atoms with van der Waals surface area (Å²) in [6.45, 7) is 5.14. The van der Waals surface area contributed by atoms with Gasteiger partial charge in [-0.3, -0.25) is 24.3 Å². The van der Waals surface area contributed by atoms with Crippen LogP contribution in [0.1, 0.15) is 28.5 Å². The van der Waals surface area contributed by atoms with Crippen LogP contribution in [0.3, 0.4) is 0 Å². The predicted octanol–water partition coefficient (Wildman–Crippen LogP) is 2.41. The number of amides is 1. The van der Waals surface area contributed by atoms with Crippen LogP contribution < -0.4 is 10.6 Å². The average Bonchev–Trinajstić information content (AvgIpc) is 3.19. The van der Waals surface area contributed by atoms with Crippen molar-refractivity contribution in [1.82, 2.24) is 19.7 Å². The SMILES string of the molecule is CCn1cc(N2Cc3nc(-c4cncc(N)c4)cc(C)c3C2=O)cn1. The van der Waals surface area contributed by atoms with Crippen molar-refractivity contribution in [2.75, 3.05) is 10.6 Å². The number of nitrogen functional groups attached to an aromatic ring is 1. The second-order valence-electron chi connectivity index (χ2n) is 6.10. The predicted molar refractivity (Wildman–Crippen MR) is 95.0 cm³/mol. The van der Waals surface area contributed by atoms with Crippen LogP contribution in [0.2, 0.25) is 0 Å². The third-order valence-electron chi connectivity index (χ3n) is 4.37. The van der Waals surface area contributed by atoms with Crippen molar-refractivity contribution in [3.05, 3.63) is 53.7 Å². The highest BCUT2D eigenvalue weighted by molar-refractivity contribution is 6.10. The number of nitrogens with zero attached hydrogens (tertiary/aromatic N) is 5. The summed E-state index contributed by atoms with van der Waals surface area (Å²) in [4.78, 5) is 23.4. The Morgan fingerprint density at radius 1 is 1.24 bits per heavy atom. The van der Waals surface area contributed by atoms with Crippen molar-refractivity contribution in [3.8, 4) is 11.3 Å². The lowest BCUT2D eigenvalue weighted by molar-refractivity contribution is 0.0996. The molecular weight excluding hydrogens is 316 g/mol. The Kier molecular flexibility index (Phi) is 3.49. The third kappa shape index (κ3) is 2.53. The minimum atomic E-state index is -0.0343. The molecule has 0 atom stereocenters. The summed E-state index contributed by atoms with van der Waals surface area (Å²) in [7, 11) is 0. The molecule has 0 bridgehead atoms. The molecule has 7 heteroatoms. The Labute approximate surface area is 145 Å². The van der Waals surface area contributed by atoms with Crippen LogP contribution in [0, 0.1) is 6.92 Å². The van der Waals surface area contributed by atoms with E-state index < -0.39 is 0 Å². The Balaban J connectivity index is 1.74. The van der Waals surface area contributed by atoms with Gasteiger partial charge in [-0.25, -0.2) is 0 Å². The van der Waals surface area contributed by atoms with Gasteiger partial charge in [-0.1, -0.05) is 0 Å². The summed E-state index contributed by atoms with van der Waals surface area (Å²) in [5.74, 6) is -0.0343. The number of fused-ring (bicyclic) bond motifs is 1. The summed E-state index contributed by atoms with van der Waals surface area (Å²) < 4.78 is 1.80. The zero-order chi connectivity index (χ0) is 17.6. The quantitative estimate of drug-likeness (QED) is 0.794. The van der Waals surface area contributed by atoms with E-state index >= 15 is 0 Å². The van der Waals surface area contributed by atoms with E-state index in [4.69, 9.17) is 10.7 Å². The average molecular weight is 334 g/mol. The third-order valence-corrected chi connectivity index (χ3v) is 4.37. The van der Waals surface area contributed by atoms with Gasteiger partial charge >= 0.3 is 0 Å². The van der Waals surface area contributed by atoms with Gasteiger partial charge < -0.3 is 5.73 Å². The van der Waals surface area contributed by atoms with Gasteiger partial charge in [-0.2, -0.15) is 5.10 Å². The van der Waals surface area contributed by atoms with Crippen LogP contribution in [0.4, 0.5) is 11.4 Å². The van der Waals surface area contributed by atoms with Gasteiger partial charge in [0.15, 0.2) is 0 Å². The lowest BCUT2D eigenvalue weighted by atomic mass is 10.1. The topological polar surface area (TPSA) is 89.9 Å². The van der Waals surface area contributed by atoms with Crippen LogP contribution in [0.15, 0.2) is 36.9 Å². The van der Waals surface area contributed by atoms with Gasteiger partial charge in [-0.05, 0) is 31.5 Å². The van der Waals surface area contributed by atoms with Crippen molar-refractivity contribution in [3.63, 3.8) is 0 Å². The van der Waals surface area contributed by atoms with Gasteiger partial charge in [-0.15, -0.1) is 0 Å². The first-order valence-corrected chi connectivity index (χ1v) is 8.12. The number of aryl methyl sites for hydroxylation is 2. The summed E-state index contributed by atoms with van der Waals surface area (Å²) >= 11 is 0. The number of carbonyl (C=O) groups is 1. The minimum absolute atomic E-state index is 0.0343. The van der Waals surface area contributed by atoms with E-state index in [2.05, 4.69) is 10.1 Å². The first-order valence-electron chi connectivity index (χ1n) is 8.12. The van der Waals surface area contributed by atoms with Gasteiger partial charge in [0.1, 0.15) is 0 Å². The van der Waals surface area contributed by atoms with E-state index in [1.54, 1.807) is 28.2 Å². The molecule has 0 saturated heterocycles. The van der Waals surface area contributed by atoms with E-state index in [1.165, 1.54) is 0 Å². The molecule has 0 spiro atoms. The molecule has 7 nitrogen and oxygen atoms in total. The summed E-state index contributed by atoms with van der Waals surface area (Å²) in [5, 5.41) is 4.25.